The Morgan fingerprint density at radius 1 is 1.25 bits per heavy atom. The fourth-order valence-electron chi connectivity index (χ4n) is 4.29. The van der Waals surface area contributed by atoms with Gasteiger partial charge in [-0.15, -0.1) is 31.4 Å². The smallest absolute Gasteiger partial charge is 0.0952 e. The Morgan fingerprint density at radius 3 is 2.75 bits per heavy atom. The molecule has 3 unspecified atom stereocenters. The van der Waals surface area contributed by atoms with Gasteiger partial charge in [0.25, 0.3) is 0 Å². The summed E-state index contributed by atoms with van der Waals surface area (Å²) in [6.07, 6.45) is 5.76. The molecule has 5 rings (SSSR count). The Morgan fingerprint density at radius 2 is 2.04 bits per heavy atom. The van der Waals surface area contributed by atoms with Gasteiger partial charge in [0, 0.05) is 24.2 Å². The minimum atomic E-state index is -0.443. The molecule has 0 spiro atoms. The molecule has 5 atom stereocenters. The van der Waals surface area contributed by atoms with Gasteiger partial charge in [0.15, 0.2) is 0 Å². The second-order valence-corrected chi connectivity index (χ2v) is 6.61. The van der Waals surface area contributed by atoms with Gasteiger partial charge in [-0.05, 0) is 48.9 Å². The summed E-state index contributed by atoms with van der Waals surface area (Å²) >= 11 is 0. The third kappa shape index (κ3) is 3.18. The second kappa shape index (κ2) is 7.83. The van der Waals surface area contributed by atoms with E-state index in [1.165, 1.54) is 6.42 Å². The van der Waals surface area contributed by atoms with E-state index in [0.717, 1.165) is 36.0 Å². The zero-order valence-electron chi connectivity index (χ0n) is 13.5. The first-order valence-corrected chi connectivity index (χ1v) is 8.16. The molecule has 24 heavy (non-hydrogen) atoms. The summed E-state index contributed by atoms with van der Waals surface area (Å²) in [5.74, 6) is 1.27. The molecule has 2 bridgehead atoms. The van der Waals surface area contributed by atoms with E-state index in [0.29, 0.717) is 11.8 Å². The van der Waals surface area contributed by atoms with E-state index in [1.54, 1.807) is 0 Å². The van der Waals surface area contributed by atoms with Crippen molar-refractivity contribution in [1.82, 2.24) is 9.88 Å². The number of aliphatic hydroxyl groups is 1. The van der Waals surface area contributed by atoms with Gasteiger partial charge >= 0.3 is 0 Å². The van der Waals surface area contributed by atoms with Crippen molar-refractivity contribution >= 4 is 35.7 Å². The Hall–Kier alpha value is -1.13. The highest BCUT2D eigenvalue weighted by atomic mass is 35.5. The fourth-order valence-corrected chi connectivity index (χ4v) is 4.29. The maximum Gasteiger partial charge on any atom is 0.0952 e. The lowest BCUT2D eigenvalue weighted by Gasteiger charge is -2.50. The number of hydrogen-bond acceptors (Lipinski definition) is 3. The predicted molar refractivity (Wildman–Crippen MR) is 103 cm³/mol. The van der Waals surface area contributed by atoms with Crippen LogP contribution in [0, 0.1) is 11.8 Å². The van der Waals surface area contributed by atoms with Crippen molar-refractivity contribution in [3.8, 4) is 0 Å². The average molecular weight is 367 g/mol. The standard InChI is InChI=1S/C19H22N2O.2ClH/c1-2-13-12-21-10-8-14(13)11-18(21)19(22)16-7-9-20-17-6-4-3-5-15(16)17;;/h2-7,9,13-14,18-19,22H,1,8,10-12H2;2*1H/t13?,14?,18-,19-;;/m1../s1. The number of aliphatic hydroxyl groups excluding tert-OH is 1. The van der Waals surface area contributed by atoms with Gasteiger partial charge in [-0.25, -0.2) is 0 Å². The van der Waals surface area contributed by atoms with Gasteiger partial charge in [-0.2, -0.15) is 0 Å². The van der Waals surface area contributed by atoms with E-state index in [4.69, 9.17) is 0 Å². The fraction of sp³-hybridized carbons (Fsp3) is 0.421. The van der Waals surface area contributed by atoms with E-state index in [9.17, 15) is 5.11 Å². The van der Waals surface area contributed by atoms with Crippen LogP contribution in [0.15, 0.2) is 49.2 Å². The topological polar surface area (TPSA) is 36.4 Å². The Bertz CT molecular complexity index is 703. The van der Waals surface area contributed by atoms with Gasteiger partial charge < -0.3 is 5.11 Å². The molecule has 0 aliphatic carbocycles. The molecule has 3 aliphatic rings. The normalized spacial score (nSPS) is 29.4. The van der Waals surface area contributed by atoms with Gasteiger partial charge in [-0.1, -0.05) is 24.3 Å². The van der Waals surface area contributed by atoms with Crippen LogP contribution in [0.2, 0.25) is 0 Å². The summed E-state index contributed by atoms with van der Waals surface area (Å²) in [7, 11) is 0. The third-order valence-electron chi connectivity index (χ3n) is 5.52. The lowest BCUT2D eigenvalue weighted by atomic mass is 9.73. The molecular weight excluding hydrogens is 343 g/mol. The molecule has 4 heterocycles. The molecular formula is C19H24Cl2N2O. The van der Waals surface area contributed by atoms with E-state index < -0.39 is 6.10 Å². The number of fused-ring (bicyclic) bond motifs is 4. The minimum Gasteiger partial charge on any atom is -0.387 e. The monoisotopic (exact) mass is 366 g/mol. The summed E-state index contributed by atoms with van der Waals surface area (Å²) in [5.41, 5.74) is 1.97. The van der Waals surface area contributed by atoms with E-state index >= 15 is 0 Å². The molecule has 1 aromatic carbocycles. The van der Waals surface area contributed by atoms with Gasteiger partial charge in [0.1, 0.15) is 0 Å². The van der Waals surface area contributed by atoms with Crippen molar-refractivity contribution in [3.05, 3.63) is 54.7 Å². The number of nitrogens with zero attached hydrogens (tertiary/aromatic N) is 2. The summed E-state index contributed by atoms with van der Waals surface area (Å²) in [6, 6.07) is 10.3. The highest BCUT2D eigenvalue weighted by Crippen LogP contribution is 2.41. The molecule has 1 N–H and O–H groups in total. The van der Waals surface area contributed by atoms with Crippen molar-refractivity contribution in [2.75, 3.05) is 13.1 Å². The molecule has 0 radical (unpaired) electrons. The lowest BCUT2D eigenvalue weighted by Crippen LogP contribution is -2.54. The number of hydrogen-bond donors (Lipinski definition) is 1. The van der Waals surface area contributed by atoms with Crippen LogP contribution >= 0.6 is 24.8 Å². The SMILES string of the molecule is C=CC1CN2CCC1C[C@@H]2[C@H](O)c1ccnc2ccccc12.Cl.Cl. The number of piperidine rings is 3. The maximum atomic E-state index is 11.0. The van der Waals surface area contributed by atoms with Crippen molar-refractivity contribution < 1.29 is 5.11 Å². The summed E-state index contributed by atoms with van der Waals surface area (Å²) in [6.45, 7) is 6.11. The van der Waals surface area contributed by atoms with Crippen LogP contribution < -0.4 is 0 Å². The maximum absolute atomic E-state index is 11.0. The van der Waals surface area contributed by atoms with Crippen molar-refractivity contribution in [2.45, 2.75) is 25.0 Å². The molecule has 3 nitrogen and oxygen atoms in total. The Labute approximate surface area is 155 Å². The third-order valence-corrected chi connectivity index (χ3v) is 5.52. The van der Waals surface area contributed by atoms with Gasteiger partial charge in [0.05, 0.1) is 11.6 Å². The molecule has 0 amide bonds. The van der Waals surface area contributed by atoms with Crippen LogP contribution in [0.4, 0.5) is 0 Å². The molecule has 0 saturated carbocycles. The van der Waals surface area contributed by atoms with Crippen LogP contribution in [-0.4, -0.2) is 34.1 Å². The quantitative estimate of drug-likeness (QED) is 0.833. The van der Waals surface area contributed by atoms with Gasteiger partial charge in [-0.3, -0.25) is 9.88 Å². The second-order valence-electron chi connectivity index (χ2n) is 6.61. The Kier molecular flexibility index (Phi) is 6.27. The average Bonchev–Trinajstić information content (AvgIpc) is 2.60. The van der Waals surface area contributed by atoms with Crippen LogP contribution in [0.1, 0.15) is 24.5 Å². The van der Waals surface area contributed by atoms with E-state index in [-0.39, 0.29) is 30.9 Å². The first-order chi connectivity index (χ1) is 10.8. The number of benzene rings is 1. The molecule has 2 aromatic rings. The predicted octanol–water partition coefficient (Wildman–Crippen LogP) is 4.01. The molecule has 1 aromatic heterocycles. The van der Waals surface area contributed by atoms with Crippen LogP contribution in [0.3, 0.4) is 0 Å². The van der Waals surface area contributed by atoms with Gasteiger partial charge in [0.2, 0.25) is 0 Å². The molecule has 130 valence electrons. The largest absolute Gasteiger partial charge is 0.387 e. The number of halogens is 2. The van der Waals surface area contributed by atoms with Crippen LogP contribution in [0.25, 0.3) is 10.9 Å². The lowest BCUT2D eigenvalue weighted by molar-refractivity contribution is -0.0444. The van der Waals surface area contributed by atoms with Crippen molar-refractivity contribution in [1.29, 1.82) is 0 Å². The van der Waals surface area contributed by atoms with Crippen molar-refractivity contribution in [2.24, 2.45) is 11.8 Å². The number of para-hydroxylation sites is 1. The first-order valence-electron chi connectivity index (χ1n) is 8.16. The first kappa shape index (κ1) is 19.2. The zero-order valence-corrected chi connectivity index (χ0v) is 15.2. The summed E-state index contributed by atoms with van der Waals surface area (Å²) in [4.78, 5) is 6.86. The molecule has 3 saturated heterocycles. The molecule has 3 aliphatic heterocycles. The van der Waals surface area contributed by atoms with Crippen LogP contribution in [-0.2, 0) is 0 Å². The minimum absolute atomic E-state index is 0. The Balaban J connectivity index is 0.00000104. The van der Waals surface area contributed by atoms with E-state index in [1.807, 2.05) is 30.5 Å². The molecule has 5 heteroatoms. The highest BCUT2D eigenvalue weighted by molar-refractivity contribution is 5.85. The van der Waals surface area contributed by atoms with E-state index in [2.05, 4.69) is 28.6 Å². The zero-order chi connectivity index (χ0) is 15.1. The van der Waals surface area contributed by atoms with Crippen LogP contribution in [0.5, 0.6) is 0 Å². The summed E-state index contributed by atoms with van der Waals surface area (Å²) < 4.78 is 0. The number of rotatable bonds is 3. The van der Waals surface area contributed by atoms with Crippen molar-refractivity contribution in [3.63, 3.8) is 0 Å². The highest BCUT2D eigenvalue weighted by Gasteiger charge is 2.42. The number of pyridine rings is 1. The summed E-state index contributed by atoms with van der Waals surface area (Å²) in [5, 5.41) is 12.1. The molecule has 3 fully saturated rings. The number of aromatic nitrogens is 1.